The van der Waals surface area contributed by atoms with Crippen molar-refractivity contribution in [3.63, 3.8) is 0 Å². The van der Waals surface area contributed by atoms with Gasteiger partial charge >= 0.3 is 12.3 Å². The second-order valence-electron chi connectivity index (χ2n) is 6.35. The molecule has 0 aromatic heterocycles. The molecule has 1 unspecified atom stereocenters. The van der Waals surface area contributed by atoms with Crippen molar-refractivity contribution in [3.8, 4) is 11.5 Å². The van der Waals surface area contributed by atoms with Crippen molar-refractivity contribution in [1.82, 2.24) is 0 Å². The maximum atomic E-state index is 13.0. The zero-order valence-electron chi connectivity index (χ0n) is 13.3. The first-order chi connectivity index (χ1) is 10.5. The van der Waals surface area contributed by atoms with Crippen LogP contribution < -0.4 is 9.47 Å². The van der Waals surface area contributed by atoms with E-state index in [1.807, 2.05) is 0 Å². The Labute approximate surface area is 132 Å². The number of halogens is 2. The predicted molar refractivity (Wildman–Crippen MR) is 76.4 cm³/mol. The molecule has 0 N–H and O–H groups in total. The number of alkyl halides is 2. The third-order valence-corrected chi connectivity index (χ3v) is 3.09. The van der Waals surface area contributed by atoms with E-state index in [1.54, 1.807) is 20.8 Å². The molecule has 1 atom stereocenters. The quantitative estimate of drug-likeness (QED) is 0.628. The molecular formula is C16H18F2O5. The molecule has 126 valence electrons. The summed E-state index contributed by atoms with van der Waals surface area (Å²) in [6.45, 7) is 6.38. The van der Waals surface area contributed by atoms with E-state index in [0.717, 1.165) is 0 Å². The molecule has 1 heterocycles. The summed E-state index contributed by atoms with van der Waals surface area (Å²) < 4.78 is 39.9. The van der Waals surface area contributed by atoms with Crippen LogP contribution in [0.2, 0.25) is 0 Å². The summed E-state index contributed by atoms with van der Waals surface area (Å²) in [4.78, 5) is 23.9. The minimum atomic E-state index is -3.70. The molecule has 0 spiro atoms. The monoisotopic (exact) mass is 328 g/mol. The Morgan fingerprint density at radius 1 is 1.22 bits per heavy atom. The van der Waals surface area contributed by atoms with Crippen LogP contribution in [0, 0.1) is 5.92 Å². The van der Waals surface area contributed by atoms with Crippen LogP contribution in [0.25, 0.3) is 0 Å². The molecule has 0 saturated carbocycles. The highest BCUT2D eigenvalue weighted by Gasteiger charge is 2.43. The van der Waals surface area contributed by atoms with Gasteiger partial charge in [0.25, 0.3) is 0 Å². The fourth-order valence-corrected chi connectivity index (χ4v) is 2.12. The SMILES string of the molecule is CC(=O)C(Cc1ccc2c(c1)OC(F)(F)O2)C(=O)OC(C)(C)C. The number of ether oxygens (including phenoxy) is 3. The Kier molecular flexibility index (Phi) is 4.32. The average Bonchev–Trinajstić information content (AvgIpc) is 2.66. The first-order valence-electron chi connectivity index (χ1n) is 7.09. The third-order valence-electron chi connectivity index (χ3n) is 3.09. The molecular weight excluding hydrogens is 310 g/mol. The predicted octanol–water partition coefficient (Wildman–Crippen LogP) is 3.10. The van der Waals surface area contributed by atoms with Gasteiger partial charge in [0, 0.05) is 0 Å². The molecule has 0 amide bonds. The zero-order chi connectivity index (χ0) is 17.4. The Morgan fingerprint density at radius 2 is 1.83 bits per heavy atom. The van der Waals surface area contributed by atoms with Gasteiger partial charge in [-0.3, -0.25) is 9.59 Å². The number of benzene rings is 1. The number of hydrogen-bond acceptors (Lipinski definition) is 5. The van der Waals surface area contributed by atoms with Gasteiger partial charge in [0.1, 0.15) is 17.3 Å². The smallest absolute Gasteiger partial charge is 0.459 e. The van der Waals surface area contributed by atoms with E-state index < -0.39 is 23.8 Å². The first kappa shape index (κ1) is 17.2. The molecule has 0 saturated heterocycles. The fourth-order valence-electron chi connectivity index (χ4n) is 2.12. The van der Waals surface area contributed by atoms with Crippen molar-refractivity contribution >= 4 is 11.8 Å². The maximum absolute atomic E-state index is 13.0. The lowest BCUT2D eigenvalue weighted by molar-refractivity contribution is -0.286. The number of carbonyl (C=O) groups excluding carboxylic acids is 2. The van der Waals surface area contributed by atoms with E-state index in [2.05, 4.69) is 9.47 Å². The standard InChI is InChI=1S/C16H18F2O5/c1-9(19)11(14(20)23-15(2,3)4)7-10-5-6-12-13(8-10)22-16(17,18)21-12/h5-6,8,11H,7H2,1-4H3. The summed E-state index contributed by atoms with van der Waals surface area (Å²) in [5.74, 6) is -2.22. The van der Waals surface area contributed by atoms with Crippen molar-refractivity contribution in [2.75, 3.05) is 0 Å². The molecule has 5 nitrogen and oxygen atoms in total. The average molecular weight is 328 g/mol. The number of hydrogen-bond donors (Lipinski definition) is 0. The molecule has 0 fully saturated rings. The summed E-state index contributed by atoms with van der Waals surface area (Å²) in [5.41, 5.74) is -0.224. The molecule has 2 rings (SSSR count). The zero-order valence-corrected chi connectivity index (χ0v) is 13.3. The minimum absolute atomic E-state index is 0.0342. The molecule has 0 aliphatic carbocycles. The number of carbonyl (C=O) groups is 2. The molecule has 7 heteroatoms. The van der Waals surface area contributed by atoms with Crippen LogP contribution in [-0.4, -0.2) is 23.6 Å². The largest absolute Gasteiger partial charge is 0.586 e. The molecule has 1 aliphatic heterocycles. The second-order valence-corrected chi connectivity index (χ2v) is 6.35. The van der Waals surface area contributed by atoms with E-state index >= 15 is 0 Å². The van der Waals surface area contributed by atoms with Crippen LogP contribution >= 0.6 is 0 Å². The fraction of sp³-hybridized carbons (Fsp3) is 0.500. The Hall–Kier alpha value is -2.18. The summed E-state index contributed by atoms with van der Waals surface area (Å²) in [6.07, 6.45) is -3.67. The molecule has 0 radical (unpaired) electrons. The van der Waals surface area contributed by atoms with Crippen LogP contribution in [-0.2, 0) is 20.7 Å². The second kappa shape index (κ2) is 5.79. The highest BCUT2D eigenvalue weighted by Crippen LogP contribution is 2.41. The number of esters is 1. The lowest BCUT2D eigenvalue weighted by Crippen LogP contribution is -2.33. The van der Waals surface area contributed by atoms with Crippen molar-refractivity contribution in [2.45, 2.75) is 46.0 Å². The van der Waals surface area contributed by atoms with Gasteiger partial charge in [0.05, 0.1) is 0 Å². The van der Waals surface area contributed by atoms with Gasteiger partial charge in [-0.25, -0.2) is 0 Å². The first-order valence-corrected chi connectivity index (χ1v) is 7.09. The van der Waals surface area contributed by atoms with E-state index in [1.165, 1.54) is 25.1 Å². The number of rotatable bonds is 4. The molecule has 1 aromatic carbocycles. The van der Waals surface area contributed by atoms with E-state index in [-0.39, 0.29) is 23.7 Å². The molecule has 23 heavy (non-hydrogen) atoms. The Balaban J connectivity index is 2.16. The van der Waals surface area contributed by atoms with E-state index in [9.17, 15) is 18.4 Å². The summed E-state index contributed by atoms with van der Waals surface area (Å²) >= 11 is 0. The molecule has 1 aliphatic rings. The molecule has 1 aromatic rings. The number of Topliss-reactive ketones (excluding diaryl/α,β-unsaturated/α-hetero) is 1. The van der Waals surface area contributed by atoms with Crippen molar-refractivity contribution < 1.29 is 32.6 Å². The lowest BCUT2D eigenvalue weighted by Gasteiger charge is -2.23. The summed E-state index contributed by atoms with van der Waals surface area (Å²) in [5, 5.41) is 0. The van der Waals surface area contributed by atoms with Crippen molar-refractivity contribution in [1.29, 1.82) is 0 Å². The topological polar surface area (TPSA) is 61.8 Å². The number of ketones is 1. The number of fused-ring (bicyclic) bond motifs is 1. The maximum Gasteiger partial charge on any atom is 0.586 e. The normalized spacial score (nSPS) is 16.8. The van der Waals surface area contributed by atoms with Gasteiger partial charge in [-0.1, -0.05) is 6.07 Å². The lowest BCUT2D eigenvalue weighted by atomic mass is 9.95. The van der Waals surface area contributed by atoms with Gasteiger partial charge in [-0.15, -0.1) is 8.78 Å². The minimum Gasteiger partial charge on any atom is -0.459 e. The van der Waals surface area contributed by atoms with Gasteiger partial charge in [-0.2, -0.15) is 0 Å². The van der Waals surface area contributed by atoms with Crippen molar-refractivity contribution in [2.24, 2.45) is 5.92 Å². The van der Waals surface area contributed by atoms with Crippen molar-refractivity contribution in [3.05, 3.63) is 23.8 Å². The van der Waals surface area contributed by atoms with Crippen LogP contribution in [0.15, 0.2) is 18.2 Å². The summed E-state index contributed by atoms with van der Waals surface area (Å²) in [7, 11) is 0. The Morgan fingerprint density at radius 3 is 2.39 bits per heavy atom. The van der Waals surface area contributed by atoms with Gasteiger partial charge in [-0.05, 0) is 51.8 Å². The van der Waals surface area contributed by atoms with Gasteiger partial charge < -0.3 is 14.2 Å². The Bertz CT molecular complexity index is 634. The summed E-state index contributed by atoms with van der Waals surface area (Å²) in [6, 6.07) is 4.15. The van der Waals surface area contributed by atoms with Gasteiger partial charge in [0.15, 0.2) is 11.5 Å². The van der Waals surface area contributed by atoms with Crippen LogP contribution in [0.1, 0.15) is 33.3 Å². The molecule has 0 bridgehead atoms. The highest BCUT2D eigenvalue weighted by atomic mass is 19.3. The van der Waals surface area contributed by atoms with Crippen LogP contribution in [0.5, 0.6) is 11.5 Å². The van der Waals surface area contributed by atoms with E-state index in [4.69, 9.17) is 4.74 Å². The highest BCUT2D eigenvalue weighted by molar-refractivity contribution is 5.98. The van der Waals surface area contributed by atoms with Gasteiger partial charge in [0.2, 0.25) is 0 Å². The van der Waals surface area contributed by atoms with Crippen LogP contribution in [0.3, 0.4) is 0 Å². The van der Waals surface area contributed by atoms with Crippen LogP contribution in [0.4, 0.5) is 8.78 Å². The third kappa shape index (κ3) is 4.40. The van der Waals surface area contributed by atoms with E-state index in [0.29, 0.717) is 5.56 Å².